The van der Waals surface area contributed by atoms with Crippen LogP contribution >= 0.6 is 0 Å². The van der Waals surface area contributed by atoms with Crippen molar-refractivity contribution in [3.8, 4) is 0 Å². The van der Waals surface area contributed by atoms with Crippen LogP contribution in [0.25, 0.3) is 0 Å². The minimum atomic E-state index is -0.161. The van der Waals surface area contributed by atoms with E-state index in [9.17, 15) is 9.59 Å². The molecule has 1 heterocycles. The molecule has 2 aromatic rings. The Hall–Kier alpha value is -2.66. The highest BCUT2D eigenvalue weighted by atomic mass is 16.2. The molecule has 5 heteroatoms. The summed E-state index contributed by atoms with van der Waals surface area (Å²) in [5.74, 6) is -0.130. The second-order valence-electron chi connectivity index (χ2n) is 6.00. The van der Waals surface area contributed by atoms with Crippen LogP contribution in [0, 0.1) is 0 Å². The van der Waals surface area contributed by atoms with Crippen LogP contribution in [-0.2, 0) is 0 Å². The molecule has 0 spiro atoms. The molecule has 1 unspecified atom stereocenters. The topological polar surface area (TPSA) is 61.4 Å². The molecule has 1 atom stereocenters. The number of nitrogens with one attached hydrogen (secondary N) is 2. The van der Waals surface area contributed by atoms with Gasteiger partial charge in [0, 0.05) is 42.5 Å². The third-order valence-corrected chi connectivity index (χ3v) is 4.08. The number of rotatable bonds is 3. The van der Waals surface area contributed by atoms with E-state index in [4.69, 9.17) is 0 Å². The van der Waals surface area contributed by atoms with Gasteiger partial charge in [-0.2, -0.15) is 0 Å². The number of hydrogen-bond acceptors (Lipinski definition) is 3. The summed E-state index contributed by atoms with van der Waals surface area (Å²) in [5, 5.41) is 6.16. The lowest BCUT2D eigenvalue weighted by atomic mass is 10.1. The number of hydrogen-bond donors (Lipinski definition) is 2. The number of carbonyl (C=O) groups is 2. The Balaban J connectivity index is 1.65. The summed E-state index contributed by atoms with van der Waals surface area (Å²) in [6, 6.07) is 16.4. The molecule has 1 aliphatic heterocycles. The van der Waals surface area contributed by atoms with Crippen molar-refractivity contribution >= 4 is 17.5 Å². The molecule has 2 amide bonds. The largest absolute Gasteiger partial charge is 0.336 e. The lowest BCUT2D eigenvalue weighted by molar-refractivity contribution is 0.0709. The highest BCUT2D eigenvalue weighted by molar-refractivity contribution is 6.04. The Labute approximate surface area is 141 Å². The summed E-state index contributed by atoms with van der Waals surface area (Å²) in [6.07, 6.45) is 0. The van der Waals surface area contributed by atoms with E-state index in [1.165, 1.54) is 0 Å². The van der Waals surface area contributed by atoms with E-state index in [0.717, 1.165) is 13.1 Å². The number of nitrogens with zero attached hydrogens (tertiary/aromatic N) is 1. The molecule has 0 aliphatic carbocycles. The summed E-state index contributed by atoms with van der Waals surface area (Å²) >= 11 is 0. The molecular weight excluding hydrogens is 302 g/mol. The van der Waals surface area contributed by atoms with Gasteiger partial charge >= 0.3 is 0 Å². The van der Waals surface area contributed by atoms with Crippen LogP contribution in [0.3, 0.4) is 0 Å². The highest BCUT2D eigenvalue weighted by Crippen LogP contribution is 2.14. The van der Waals surface area contributed by atoms with Crippen molar-refractivity contribution < 1.29 is 9.59 Å². The maximum atomic E-state index is 12.5. The molecule has 24 heavy (non-hydrogen) atoms. The van der Waals surface area contributed by atoms with E-state index >= 15 is 0 Å². The predicted octanol–water partition coefficient (Wildman–Crippen LogP) is 2.37. The second-order valence-corrected chi connectivity index (χ2v) is 6.00. The fourth-order valence-corrected chi connectivity index (χ4v) is 2.79. The second kappa shape index (κ2) is 7.27. The zero-order valence-electron chi connectivity index (χ0n) is 13.7. The molecule has 3 rings (SSSR count). The van der Waals surface area contributed by atoms with Crippen molar-refractivity contribution in [1.82, 2.24) is 10.2 Å². The molecule has 5 nitrogen and oxygen atoms in total. The normalized spacial score (nSPS) is 17.4. The first-order valence-electron chi connectivity index (χ1n) is 8.12. The van der Waals surface area contributed by atoms with E-state index < -0.39 is 0 Å². The Morgan fingerprint density at radius 2 is 1.75 bits per heavy atom. The average Bonchev–Trinajstić information content (AvgIpc) is 2.62. The number of carbonyl (C=O) groups excluding carboxylic acids is 2. The van der Waals surface area contributed by atoms with Gasteiger partial charge in [-0.05, 0) is 43.3 Å². The summed E-state index contributed by atoms with van der Waals surface area (Å²) in [4.78, 5) is 26.5. The number of amides is 2. The minimum absolute atomic E-state index is 0.0317. The molecule has 124 valence electrons. The number of benzene rings is 2. The third-order valence-electron chi connectivity index (χ3n) is 4.08. The first-order chi connectivity index (χ1) is 11.6. The van der Waals surface area contributed by atoms with Crippen LogP contribution in [0.4, 0.5) is 5.69 Å². The van der Waals surface area contributed by atoms with Gasteiger partial charge in [0.1, 0.15) is 0 Å². The molecule has 2 N–H and O–H groups in total. The van der Waals surface area contributed by atoms with Crippen molar-refractivity contribution in [3.05, 3.63) is 65.7 Å². The van der Waals surface area contributed by atoms with Crippen molar-refractivity contribution in [2.45, 2.75) is 13.0 Å². The summed E-state index contributed by atoms with van der Waals surface area (Å²) < 4.78 is 0. The SMILES string of the molecule is CC1CN(C(=O)c2ccc(NC(=O)c3ccccc3)cc2)CCN1. The Bertz CT molecular complexity index is 713. The van der Waals surface area contributed by atoms with Gasteiger partial charge in [-0.25, -0.2) is 0 Å². The molecule has 1 fully saturated rings. The molecule has 0 radical (unpaired) electrons. The van der Waals surface area contributed by atoms with E-state index in [1.807, 2.05) is 23.1 Å². The molecule has 0 aromatic heterocycles. The standard InChI is InChI=1S/C19H21N3O2/c1-14-13-22(12-11-20-14)19(24)16-7-9-17(10-8-16)21-18(23)15-5-3-2-4-6-15/h2-10,14,20H,11-13H2,1H3,(H,21,23). The maximum absolute atomic E-state index is 12.5. The first-order valence-corrected chi connectivity index (χ1v) is 8.12. The summed E-state index contributed by atoms with van der Waals surface area (Å²) in [5.41, 5.74) is 1.92. The fraction of sp³-hybridized carbons (Fsp3) is 0.263. The lowest BCUT2D eigenvalue weighted by Gasteiger charge is -2.32. The van der Waals surface area contributed by atoms with Crippen LogP contribution in [0.1, 0.15) is 27.6 Å². The predicted molar refractivity (Wildman–Crippen MR) is 94.2 cm³/mol. The minimum Gasteiger partial charge on any atom is -0.336 e. The van der Waals surface area contributed by atoms with E-state index in [-0.39, 0.29) is 11.8 Å². The van der Waals surface area contributed by atoms with Crippen LogP contribution < -0.4 is 10.6 Å². The Morgan fingerprint density at radius 3 is 2.42 bits per heavy atom. The van der Waals surface area contributed by atoms with Crippen molar-refractivity contribution in [3.63, 3.8) is 0 Å². The molecular formula is C19H21N3O2. The van der Waals surface area contributed by atoms with E-state index in [1.54, 1.807) is 36.4 Å². The Kier molecular flexibility index (Phi) is 4.91. The monoisotopic (exact) mass is 323 g/mol. The molecule has 2 aromatic carbocycles. The maximum Gasteiger partial charge on any atom is 0.255 e. The molecule has 0 bridgehead atoms. The van der Waals surface area contributed by atoms with Gasteiger partial charge < -0.3 is 15.5 Å². The third kappa shape index (κ3) is 3.81. The van der Waals surface area contributed by atoms with Crippen LogP contribution in [0.15, 0.2) is 54.6 Å². The van der Waals surface area contributed by atoms with E-state index in [0.29, 0.717) is 29.4 Å². The van der Waals surface area contributed by atoms with Gasteiger partial charge in [-0.3, -0.25) is 9.59 Å². The van der Waals surface area contributed by atoms with Crippen molar-refractivity contribution in [2.75, 3.05) is 25.0 Å². The number of anilines is 1. The highest BCUT2D eigenvalue weighted by Gasteiger charge is 2.21. The smallest absolute Gasteiger partial charge is 0.255 e. The fourth-order valence-electron chi connectivity index (χ4n) is 2.79. The van der Waals surface area contributed by atoms with Crippen LogP contribution in [0.2, 0.25) is 0 Å². The summed E-state index contributed by atoms with van der Waals surface area (Å²) in [6.45, 7) is 4.32. The molecule has 1 saturated heterocycles. The lowest BCUT2D eigenvalue weighted by Crippen LogP contribution is -2.51. The van der Waals surface area contributed by atoms with Gasteiger partial charge in [0.05, 0.1) is 0 Å². The van der Waals surface area contributed by atoms with Gasteiger partial charge in [0.15, 0.2) is 0 Å². The van der Waals surface area contributed by atoms with Gasteiger partial charge in [-0.15, -0.1) is 0 Å². The van der Waals surface area contributed by atoms with Gasteiger partial charge in [-0.1, -0.05) is 18.2 Å². The number of piperazine rings is 1. The van der Waals surface area contributed by atoms with E-state index in [2.05, 4.69) is 17.6 Å². The average molecular weight is 323 g/mol. The van der Waals surface area contributed by atoms with Crippen LogP contribution in [-0.4, -0.2) is 42.4 Å². The van der Waals surface area contributed by atoms with Gasteiger partial charge in [0.25, 0.3) is 11.8 Å². The summed E-state index contributed by atoms with van der Waals surface area (Å²) in [7, 11) is 0. The first kappa shape index (κ1) is 16.2. The zero-order valence-corrected chi connectivity index (χ0v) is 13.7. The van der Waals surface area contributed by atoms with Crippen molar-refractivity contribution in [2.24, 2.45) is 0 Å². The Morgan fingerprint density at radius 1 is 1.04 bits per heavy atom. The zero-order chi connectivity index (χ0) is 16.9. The van der Waals surface area contributed by atoms with Gasteiger partial charge in [0.2, 0.25) is 0 Å². The van der Waals surface area contributed by atoms with Crippen molar-refractivity contribution in [1.29, 1.82) is 0 Å². The van der Waals surface area contributed by atoms with Crippen LogP contribution in [0.5, 0.6) is 0 Å². The molecule has 1 aliphatic rings. The molecule has 0 saturated carbocycles. The quantitative estimate of drug-likeness (QED) is 0.911.